The third-order valence-electron chi connectivity index (χ3n) is 9.45. The van der Waals surface area contributed by atoms with Gasteiger partial charge in [-0.25, -0.2) is 0 Å². The molecule has 0 saturated carbocycles. The summed E-state index contributed by atoms with van der Waals surface area (Å²) in [6, 6.07) is 9.53. The number of fused-ring (bicyclic) bond motifs is 2. The lowest BCUT2D eigenvalue weighted by Gasteiger charge is -2.34. The first-order chi connectivity index (χ1) is 26.1. The molecule has 1 fully saturated rings. The molecule has 18 heteroatoms. The van der Waals surface area contributed by atoms with E-state index in [-0.39, 0.29) is 51.2 Å². The second-order valence-electron chi connectivity index (χ2n) is 13.9. The molecule has 1 aliphatic heterocycles. The van der Waals surface area contributed by atoms with Gasteiger partial charge in [-0.3, -0.25) is 53.2 Å². The van der Waals surface area contributed by atoms with Crippen LogP contribution in [0.25, 0.3) is 21.8 Å². The minimum atomic E-state index is -1.20. The molecule has 7 N–H and O–H groups in total. The highest BCUT2D eigenvalue weighted by Gasteiger charge is 2.24. The Morgan fingerprint density at radius 1 is 0.582 bits per heavy atom. The van der Waals surface area contributed by atoms with Gasteiger partial charge in [0, 0.05) is 75.2 Å². The molecule has 3 aromatic rings. The predicted molar refractivity (Wildman–Crippen MR) is 202 cm³/mol. The van der Waals surface area contributed by atoms with Crippen LogP contribution in [0.2, 0.25) is 0 Å². The number of nitrogens with zero attached hydrogens (tertiary/aromatic N) is 4. The molecule has 4 rings (SSSR count). The highest BCUT2D eigenvalue weighted by molar-refractivity contribution is 5.92. The Hall–Kier alpha value is -5.43. The molecule has 0 aliphatic carbocycles. The normalized spacial score (nSPS) is 17.3. The van der Waals surface area contributed by atoms with Crippen molar-refractivity contribution < 1.29 is 44.1 Å². The van der Waals surface area contributed by atoms with Crippen LogP contribution in [0.4, 0.5) is 0 Å². The fourth-order valence-electron chi connectivity index (χ4n) is 6.20. The number of aliphatic carboxylic acids is 3. The predicted octanol–water partition coefficient (Wildman–Crippen LogP) is -0.829. The standard InChI is InChI=1S/C37H50N8O10/c1-23(35(50)51)38-31(46)20-43-12-10-42(19-26-8-9-28-30(18-26)41-29-7-5-4-6-27(29)34(28)49)11-13-44(21-32(47)39-24(2)36(52)53)15-17-45(16-14-43)22-33(48)40-25(3)37(54)55/h4-9,18,23-25H,10-17,19-22H2,1-3H3,(H,38,46)(H,39,47)(H,40,48)(H,41,49)(H,50,51)(H,52,53)(H,54,55)/t23-,24-,25-/m0/s1. The number of carbonyl (C=O) groups is 6. The molecule has 3 amide bonds. The van der Waals surface area contributed by atoms with E-state index in [2.05, 4.69) is 25.8 Å². The number of aromatic amines is 1. The summed E-state index contributed by atoms with van der Waals surface area (Å²) in [6.07, 6.45) is 0. The average Bonchev–Trinajstić information content (AvgIpc) is 3.12. The fourth-order valence-corrected chi connectivity index (χ4v) is 6.20. The highest BCUT2D eigenvalue weighted by Crippen LogP contribution is 2.17. The van der Waals surface area contributed by atoms with Gasteiger partial charge in [-0.05, 0) is 50.6 Å². The van der Waals surface area contributed by atoms with E-state index in [1.165, 1.54) is 20.8 Å². The maximum absolute atomic E-state index is 13.2. The van der Waals surface area contributed by atoms with Crippen molar-refractivity contribution >= 4 is 57.4 Å². The van der Waals surface area contributed by atoms with Crippen molar-refractivity contribution in [2.75, 3.05) is 72.0 Å². The first kappa shape index (κ1) is 42.3. The quantitative estimate of drug-likeness (QED) is 0.0992. The van der Waals surface area contributed by atoms with Gasteiger partial charge in [0.15, 0.2) is 5.43 Å². The van der Waals surface area contributed by atoms with Gasteiger partial charge < -0.3 is 36.3 Å². The molecule has 18 nitrogen and oxygen atoms in total. The summed E-state index contributed by atoms with van der Waals surface area (Å²) >= 11 is 0. The van der Waals surface area contributed by atoms with Crippen LogP contribution in [-0.2, 0) is 35.3 Å². The topological polar surface area (TPSA) is 245 Å². The number of para-hydroxylation sites is 1. The number of carboxylic acid groups (broad SMARTS) is 3. The summed E-state index contributed by atoms with van der Waals surface area (Å²) in [5.74, 6) is -5.07. The van der Waals surface area contributed by atoms with Gasteiger partial charge in [0.2, 0.25) is 17.7 Å². The van der Waals surface area contributed by atoms with Gasteiger partial charge in [0.05, 0.1) is 25.2 Å². The lowest BCUT2D eigenvalue weighted by atomic mass is 10.1. The maximum atomic E-state index is 13.2. The minimum Gasteiger partial charge on any atom is -0.480 e. The van der Waals surface area contributed by atoms with Crippen LogP contribution < -0.4 is 21.4 Å². The number of carbonyl (C=O) groups excluding carboxylic acids is 3. The van der Waals surface area contributed by atoms with E-state index in [0.29, 0.717) is 54.5 Å². The summed E-state index contributed by atoms with van der Waals surface area (Å²) in [5.41, 5.74) is 2.21. The van der Waals surface area contributed by atoms with Gasteiger partial charge in [0.1, 0.15) is 18.1 Å². The number of rotatable bonds is 14. The van der Waals surface area contributed by atoms with E-state index in [4.69, 9.17) is 0 Å². The fraction of sp³-hybridized carbons (Fsp3) is 0.486. The van der Waals surface area contributed by atoms with Gasteiger partial charge in [0.25, 0.3) is 0 Å². The van der Waals surface area contributed by atoms with Crippen molar-refractivity contribution in [3.8, 4) is 0 Å². The summed E-state index contributed by atoms with van der Waals surface area (Å²) in [6.45, 7) is 6.76. The number of nitrogens with one attached hydrogen (secondary N) is 4. The van der Waals surface area contributed by atoms with Crippen molar-refractivity contribution in [3.05, 3.63) is 58.3 Å². The number of pyridine rings is 1. The van der Waals surface area contributed by atoms with E-state index < -0.39 is 53.8 Å². The first-order valence-corrected chi connectivity index (χ1v) is 18.1. The van der Waals surface area contributed by atoms with Crippen molar-refractivity contribution in [2.24, 2.45) is 0 Å². The molecule has 298 valence electrons. The summed E-state index contributed by atoms with van der Waals surface area (Å²) in [5, 5.41) is 36.5. The Kier molecular flexibility index (Phi) is 15.2. The number of benzene rings is 2. The van der Waals surface area contributed by atoms with E-state index in [9.17, 15) is 48.9 Å². The molecule has 0 radical (unpaired) electrons. The van der Waals surface area contributed by atoms with E-state index in [0.717, 1.165) is 5.56 Å². The van der Waals surface area contributed by atoms with Crippen LogP contribution in [0, 0.1) is 0 Å². The van der Waals surface area contributed by atoms with Gasteiger partial charge in [-0.2, -0.15) is 0 Å². The van der Waals surface area contributed by atoms with Crippen LogP contribution in [0.5, 0.6) is 0 Å². The van der Waals surface area contributed by atoms with Crippen molar-refractivity contribution in [3.63, 3.8) is 0 Å². The molecule has 1 aliphatic rings. The second-order valence-corrected chi connectivity index (χ2v) is 13.9. The highest BCUT2D eigenvalue weighted by atomic mass is 16.4. The SMILES string of the molecule is C[C@H](NC(=O)CN1CCN(CC(=O)N[C@@H](C)C(=O)O)CCN(Cc2ccc3c(=O)c4ccccc4[nH]c3c2)CCN(CC(=O)N[C@@H](C)C(=O)O)CC1)C(=O)O. The number of H-pyrrole nitrogens is 1. The lowest BCUT2D eigenvalue weighted by Crippen LogP contribution is -2.52. The Bertz CT molecular complexity index is 1880. The molecule has 2 aromatic carbocycles. The number of carboxylic acids is 3. The zero-order valence-electron chi connectivity index (χ0n) is 31.2. The first-order valence-electron chi connectivity index (χ1n) is 18.1. The maximum Gasteiger partial charge on any atom is 0.325 e. The summed E-state index contributed by atoms with van der Waals surface area (Å²) in [7, 11) is 0. The van der Waals surface area contributed by atoms with Gasteiger partial charge in [-0.15, -0.1) is 0 Å². The Labute approximate surface area is 317 Å². The summed E-state index contributed by atoms with van der Waals surface area (Å²) < 4.78 is 0. The van der Waals surface area contributed by atoms with Crippen LogP contribution in [0.15, 0.2) is 47.3 Å². The van der Waals surface area contributed by atoms with Gasteiger partial charge in [-0.1, -0.05) is 18.2 Å². The molecule has 1 saturated heterocycles. The number of aromatic nitrogens is 1. The van der Waals surface area contributed by atoms with Crippen LogP contribution in [0.3, 0.4) is 0 Å². The molecule has 0 spiro atoms. The molecule has 2 heterocycles. The van der Waals surface area contributed by atoms with E-state index in [1.807, 2.05) is 40.1 Å². The molecular weight excluding hydrogens is 716 g/mol. The van der Waals surface area contributed by atoms with Gasteiger partial charge >= 0.3 is 17.9 Å². The van der Waals surface area contributed by atoms with Crippen LogP contribution >= 0.6 is 0 Å². The van der Waals surface area contributed by atoms with Crippen LogP contribution in [0.1, 0.15) is 26.3 Å². The minimum absolute atomic E-state index is 0.0811. The molecule has 55 heavy (non-hydrogen) atoms. The average molecular weight is 767 g/mol. The van der Waals surface area contributed by atoms with Crippen molar-refractivity contribution in [1.29, 1.82) is 0 Å². The zero-order chi connectivity index (χ0) is 40.2. The smallest absolute Gasteiger partial charge is 0.325 e. The second kappa shape index (κ2) is 19.8. The third-order valence-corrected chi connectivity index (χ3v) is 9.45. The Morgan fingerprint density at radius 2 is 0.964 bits per heavy atom. The number of amides is 3. The molecular formula is C37H50N8O10. The van der Waals surface area contributed by atoms with Crippen LogP contribution in [-0.4, -0.2) is 166 Å². The summed E-state index contributed by atoms with van der Waals surface area (Å²) in [4.78, 5) is 97.1. The van der Waals surface area contributed by atoms with E-state index in [1.54, 1.807) is 17.0 Å². The Morgan fingerprint density at radius 3 is 1.38 bits per heavy atom. The Balaban J connectivity index is 1.60. The lowest BCUT2D eigenvalue weighted by molar-refractivity contribution is -0.141. The zero-order valence-corrected chi connectivity index (χ0v) is 31.2. The van der Waals surface area contributed by atoms with Crippen molar-refractivity contribution in [2.45, 2.75) is 45.4 Å². The largest absolute Gasteiger partial charge is 0.480 e. The number of hydrogen-bond donors (Lipinski definition) is 7. The monoisotopic (exact) mass is 766 g/mol. The molecule has 3 atom stereocenters. The van der Waals surface area contributed by atoms with Crippen molar-refractivity contribution in [1.82, 2.24) is 40.5 Å². The molecule has 0 unspecified atom stereocenters. The number of hydrogen-bond acceptors (Lipinski definition) is 11. The van der Waals surface area contributed by atoms with E-state index >= 15 is 0 Å². The molecule has 0 bridgehead atoms. The molecule has 1 aromatic heterocycles. The third kappa shape index (κ3) is 12.8.